The van der Waals surface area contributed by atoms with Crippen LogP contribution in [0.25, 0.3) is 0 Å². The maximum absolute atomic E-state index is 8.87. The highest BCUT2D eigenvalue weighted by molar-refractivity contribution is 4.84. The molecule has 0 aromatic heterocycles. The average molecular weight is 246 g/mol. The highest BCUT2D eigenvalue weighted by atomic mass is 17.2. The Morgan fingerprint density at radius 2 is 1.71 bits per heavy atom. The fourth-order valence-corrected chi connectivity index (χ4v) is 2.81. The van der Waals surface area contributed by atoms with Gasteiger partial charge in [-0.15, -0.1) is 0 Å². The van der Waals surface area contributed by atoms with E-state index in [0.717, 1.165) is 25.7 Å². The van der Waals surface area contributed by atoms with Gasteiger partial charge in [0.05, 0.1) is 0 Å². The smallest absolute Gasteiger partial charge is 0.236 e. The van der Waals surface area contributed by atoms with E-state index in [-0.39, 0.29) is 5.92 Å². The lowest BCUT2D eigenvalue weighted by atomic mass is 9.95. The summed E-state index contributed by atoms with van der Waals surface area (Å²) in [6.45, 7) is 2.21. The Morgan fingerprint density at radius 3 is 2.35 bits per heavy atom. The molecule has 1 fully saturated rings. The normalized spacial score (nSPS) is 23.1. The molecule has 1 atom stereocenters. The van der Waals surface area contributed by atoms with E-state index in [0.29, 0.717) is 6.42 Å². The molecule has 0 heterocycles. The van der Waals surface area contributed by atoms with Crippen molar-refractivity contribution < 1.29 is 20.3 Å². The SMILES string of the molecule is CCCCCCCCC1CCCC1(OO)OO. The fraction of sp³-hybridized carbons (Fsp3) is 1.00. The highest BCUT2D eigenvalue weighted by Crippen LogP contribution is 2.41. The van der Waals surface area contributed by atoms with Gasteiger partial charge in [0.2, 0.25) is 5.79 Å². The van der Waals surface area contributed by atoms with Crippen LogP contribution < -0.4 is 0 Å². The van der Waals surface area contributed by atoms with Crippen LogP contribution in [0.1, 0.15) is 71.1 Å². The topological polar surface area (TPSA) is 58.9 Å². The molecule has 2 N–H and O–H groups in total. The number of hydrogen-bond donors (Lipinski definition) is 2. The molecule has 0 aromatic carbocycles. The van der Waals surface area contributed by atoms with Gasteiger partial charge in [-0.3, -0.25) is 0 Å². The Kier molecular flexibility index (Phi) is 7.04. The molecule has 1 saturated carbocycles. The zero-order valence-electron chi connectivity index (χ0n) is 10.9. The minimum absolute atomic E-state index is 0.115. The van der Waals surface area contributed by atoms with Crippen molar-refractivity contribution in [2.45, 2.75) is 76.9 Å². The van der Waals surface area contributed by atoms with Gasteiger partial charge in [0.15, 0.2) is 0 Å². The second-order valence-electron chi connectivity index (χ2n) is 5.14. The van der Waals surface area contributed by atoms with E-state index in [2.05, 4.69) is 16.7 Å². The first-order valence-corrected chi connectivity index (χ1v) is 6.94. The molecule has 0 saturated heterocycles. The number of unbranched alkanes of at least 4 members (excludes halogenated alkanes) is 5. The van der Waals surface area contributed by atoms with Gasteiger partial charge in [-0.2, -0.15) is 0 Å². The first-order chi connectivity index (χ1) is 8.29. The molecule has 0 aliphatic heterocycles. The molecule has 4 nitrogen and oxygen atoms in total. The van der Waals surface area contributed by atoms with Crippen LogP contribution in [0.2, 0.25) is 0 Å². The largest absolute Gasteiger partial charge is 0.249 e. The fourth-order valence-electron chi connectivity index (χ4n) is 2.81. The summed E-state index contributed by atoms with van der Waals surface area (Å²) in [5, 5.41) is 17.7. The zero-order chi connectivity index (χ0) is 12.6. The van der Waals surface area contributed by atoms with Crippen LogP contribution in [0.4, 0.5) is 0 Å². The van der Waals surface area contributed by atoms with E-state index in [9.17, 15) is 0 Å². The lowest BCUT2D eigenvalue weighted by molar-refractivity contribution is -0.495. The van der Waals surface area contributed by atoms with E-state index in [4.69, 9.17) is 10.5 Å². The Balaban J connectivity index is 2.17. The monoisotopic (exact) mass is 246 g/mol. The highest BCUT2D eigenvalue weighted by Gasteiger charge is 2.46. The van der Waals surface area contributed by atoms with Crippen molar-refractivity contribution in [1.82, 2.24) is 0 Å². The van der Waals surface area contributed by atoms with E-state index in [1.165, 1.54) is 32.1 Å². The van der Waals surface area contributed by atoms with E-state index in [1.807, 2.05) is 0 Å². The first kappa shape index (κ1) is 14.9. The lowest BCUT2D eigenvalue weighted by Crippen LogP contribution is -2.38. The zero-order valence-corrected chi connectivity index (χ0v) is 10.9. The van der Waals surface area contributed by atoms with Crippen LogP contribution >= 0.6 is 0 Å². The standard InChI is InChI=1S/C13H26O4/c1-2-3-4-5-6-7-9-12-10-8-11-13(12,16-14)17-15/h12,14-15H,2-11H2,1H3. The Morgan fingerprint density at radius 1 is 1.06 bits per heavy atom. The Bertz CT molecular complexity index is 192. The van der Waals surface area contributed by atoms with Crippen LogP contribution in [0, 0.1) is 5.92 Å². The lowest BCUT2D eigenvalue weighted by Gasteiger charge is -2.28. The van der Waals surface area contributed by atoms with Gasteiger partial charge in [0.1, 0.15) is 0 Å². The van der Waals surface area contributed by atoms with Crippen molar-refractivity contribution in [2.75, 3.05) is 0 Å². The first-order valence-electron chi connectivity index (χ1n) is 6.94. The third kappa shape index (κ3) is 4.21. The van der Waals surface area contributed by atoms with Crippen LogP contribution in [0.3, 0.4) is 0 Å². The summed E-state index contributed by atoms with van der Waals surface area (Å²) in [6.07, 6.45) is 10.9. The summed E-state index contributed by atoms with van der Waals surface area (Å²) in [5.74, 6) is -1.03. The number of hydrogen-bond acceptors (Lipinski definition) is 4. The number of rotatable bonds is 9. The van der Waals surface area contributed by atoms with Gasteiger partial charge in [0.25, 0.3) is 0 Å². The molecule has 0 amide bonds. The third-order valence-electron chi connectivity index (χ3n) is 3.92. The molecule has 0 aromatic rings. The van der Waals surface area contributed by atoms with Crippen molar-refractivity contribution in [3.05, 3.63) is 0 Å². The molecule has 1 aliphatic carbocycles. The van der Waals surface area contributed by atoms with Gasteiger partial charge < -0.3 is 0 Å². The molecule has 4 heteroatoms. The second-order valence-corrected chi connectivity index (χ2v) is 5.14. The van der Waals surface area contributed by atoms with Crippen molar-refractivity contribution in [3.63, 3.8) is 0 Å². The van der Waals surface area contributed by atoms with Crippen molar-refractivity contribution in [3.8, 4) is 0 Å². The van der Waals surface area contributed by atoms with Crippen molar-refractivity contribution in [1.29, 1.82) is 0 Å². The van der Waals surface area contributed by atoms with Gasteiger partial charge in [0, 0.05) is 12.3 Å². The van der Waals surface area contributed by atoms with Gasteiger partial charge in [-0.25, -0.2) is 20.3 Å². The predicted molar refractivity (Wildman–Crippen MR) is 65.5 cm³/mol. The van der Waals surface area contributed by atoms with Crippen LogP contribution in [-0.4, -0.2) is 16.3 Å². The molecule has 102 valence electrons. The minimum Gasteiger partial charge on any atom is -0.249 e. The molecular weight excluding hydrogens is 220 g/mol. The van der Waals surface area contributed by atoms with Crippen molar-refractivity contribution >= 4 is 0 Å². The second kappa shape index (κ2) is 8.03. The summed E-state index contributed by atoms with van der Waals surface area (Å²) >= 11 is 0. The third-order valence-corrected chi connectivity index (χ3v) is 3.92. The van der Waals surface area contributed by atoms with E-state index >= 15 is 0 Å². The molecule has 1 rings (SSSR count). The summed E-state index contributed by atoms with van der Waals surface area (Å²) < 4.78 is 0. The van der Waals surface area contributed by atoms with Crippen LogP contribution in [0.15, 0.2) is 0 Å². The van der Waals surface area contributed by atoms with E-state index in [1.54, 1.807) is 0 Å². The summed E-state index contributed by atoms with van der Waals surface area (Å²) in [5.41, 5.74) is 0. The molecule has 1 unspecified atom stereocenters. The predicted octanol–water partition coefficient (Wildman–Crippen LogP) is 4.21. The summed E-state index contributed by atoms with van der Waals surface area (Å²) in [6, 6.07) is 0. The quantitative estimate of drug-likeness (QED) is 0.277. The van der Waals surface area contributed by atoms with Crippen LogP contribution in [0.5, 0.6) is 0 Å². The molecule has 0 bridgehead atoms. The average Bonchev–Trinajstić information content (AvgIpc) is 2.77. The minimum atomic E-state index is -1.15. The molecular formula is C13H26O4. The molecule has 1 aliphatic rings. The molecule has 17 heavy (non-hydrogen) atoms. The Labute approximate surface area is 104 Å². The maximum atomic E-state index is 8.87. The van der Waals surface area contributed by atoms with Gasteiger partial charge in [-0.1, -0.05) is 45.4 Å². The molecule has 0 spiro atoms. The summed E-state index contributed by atoms with van der Waals surface area (Å²) in [4.78, 5) is 8.77. The van der Waals surface area contributed by atoms with Crippen LogP contribution in [-0.2, 0) is 9.78 Å². The summed E-state index contributed by atoms with van der Waals surface area (Å²) in [7, 11) is 0. The van der Waals surface area contributed by atoms with Gasteiger partial charge in [-0.05, 0) is 19.3 Å². The molecule has 0 radical (unpaired) electrons. The van der Waals surface area contributed by atoms with E-state index < -0.39 is 5.79 Å². The maximum Gasteiger partial charge on any atom is 0.236 e. The van der Waals surface area contributed by atoms with Crippen molar-refractivity contribution in [2.24, 2.45) is 5.92 Å². The van der Waals surface area contributed by atoms with Gasteiger partial charge >= 0.3 is 0 Å². The Hall–Kier alpha value is -0.160.